The Kier molecular flexibility index (Phi) is 8.86. The van der Waals surface area contributed by atoms with Gasteiger partial charge < -0.3 is 29.3 Å². The third kappa shape index (κ3) is 5.92. The molecular weight excluding hydrogens is 482 g/mol. The molecule has 1 atom stereocenters. The Bertz CT molecular complexity index is 1200. The SMILES string of the molecule is C=CCOc1ccc(C(O)=C2C(=O)C(=O)N(CCC[NH+]3CCOCC3)[C@H]2c2ccc(N(C)C)cc2)c(C)c1. The summed E-state index contributed by atoms with van der Waals surface area (Å²) in [4.78, 5) is 31.8. The minimum atomic E-state index is -0.665. The van der Waals surface area contributed by atoms with E-state index in [1.54, 1.807) is 29.2 Å². The second-order valence-electron chi connectivity index (χ2n) is 10.0. The van der Waals surface area contributed by atoms with Gasteiger partial charge in [0.25, 0.3) is 11.7 Å². The summed E-state index contributed by atoms with van der Waals surface area (Å²) in [5.74, 6) is -0.761. The Hall–Kier alpha value is -3.62. The van der Waals surface area contributed by atoms with Crippen molar-refractivity contribution >= 4 is 23.1 Å². The van der Waals surface area contributed by atoms with E-state index in [0.29, 0.717) is 24.5 Å². The van der Waals surface area contributed by atoms with Gasteiger partial charge in [-0.3, -0.25) is 9.59 Å². The maximum atomic E-state index is 13.4. The van der Waals surface area contributed by atoms with Gasteiger partial charge in [0.2, 0.25) is 0 Å². The van der Waals surface area contributed by atoms with Gasteiger partial charge in [0.15, 0.2) is 0 Å². The Morgan fingerprint density at radius 3 is 2.53 bits per heavy atom. The maximum Gasteiger partial charge on any atom is 0.295 e. The summed E-state index contributed by atoms with van der Waals surface area (Å²) in [6, 6.07) is 12.4. The Morgan fingerprint density at radius 2 is 1.89 bits per heavy atom. The second-order valence-corrected chi connectivity index (χ2v) is 10.0. The van der Waals surface area contributed by atoms with Crippen LogP contribution in [0.3, 0.4) is 0 Å². The quantitative estimate of drug-likeness (QED) is 0.217. The predicted molar refractivity (Wildman–Crippen MR) is 148 cm³/mol. The van der Waals surface area contributed by atoms with E-state index >= 15 is 0 Å². The molecule has 1 amide bonds. The molecule has 2 heterocycles. The van der Waals surface area contributed by atoms with Gasteiger partial charge >= 0.3 is 0 Å². The number of nitrogens with zero attached hydrogens (tertiary/aromatic N) is 2. The Morgan fingerprint density at radius 1 is 1.18 bits per heavy atom. The highest BCUT2D eigenvalue weighted by Gasteiger charge is 2.46. The summed E-state index contributed by atoms with van der Waals surface area (Å²) >= 11 is 0. The number of amides is 1. The molecule has 2 aromatic rings. The predicted octanol–water partition coefficient (Wildman–Crippen LogP) is 2.35. The molecule has 0 radical (unpaired) electrons. The fourth-order valence-electron chi connectivity index (χ4n) is 5.11. The number of ether oxygens (including phenoxy) is 2. The lowest BCUT2D eigenvalue weighted by molar-refractivity contribution is -0.908. The van der Waals surface area contributed by atoms with Gasteiger partial charge in [0.1, 0.15) is 31.2 Å². The van der Waals surface area contributed by atoms with E-state index in [2.05, 4.69) is 6.58 Å². The monoisotopic (exact) mass is 520 g/mol. The van der Waals surface area contributed by atoms with Crippen molar-refractivity contribution < 1.29 is 29.1 Å². The maximum absolute atomic E-state index is 13.4. The minimum absolute atomic E-state index is 0.120. The summed E-state index contributed by atoms with van der Waals surface area (Å²) in [5, 5.41) is 11.5. The normalized spacial score (nSPS) is 19.6. The number of rotatable bonds is 10. The molecule has 4 rings (SSSR count). The summed E-state index contributed by atoms with van der Waals surface area (Å²) in [5.41, 5.74) is 3.16. The standard InChI is InChI=1S/C30H37N3O5/c1-5-17-38-24-11-12-25(21(2)20-24)28(34)26-27(22-7-9-23(10-8-22)31(3)4)33(30(36)29(26)35)14-6-13-32-15-18-37-19-16-32/h5,7-12,20,27,34H,1,6,13-19H2,2-4H3/p+1/t27-/m0/s1. The highest BCUT2D eigenvalue weighted by molar-refractivity contribution is 6.46. The average molecular weight is 521 g/mol. The van der Waals surface area contributed by atoms with E-state index in [9.17, 15) is 14.7 Å². The van der Waals surface area contributed by atoms with Gasteiger partial charge in [0, 0.05) is 38.3 Å². The number of quaternary nitrogens is 1. The third-order valence-corrected chi connectivity index (χ3v) is 7.22. The van der Waals surface area contributed by atoms with E-state index in [0.717, 1.165) is 56.1 Å². The average Bonchev–Trinajstić information content (AvgIpc) is 3.17. The number of anilines is 1. The van der Waals surface area contributed by atoms with Crippen molar-refractivity contribution in [1.82, 2.24) is 4.90 Å². The molecule has 202 valence electrons. The lowest BCUT2D eigenvalue weighted by atomic mass is 9.93. The number of aryl methyl sites for hydroxylation is 1. The number of hydrogen-bond acceptors (Lipinski definition) is 6. The molecular formula is C30H38N3O5+. The first-order chi connectivity index (χ1) is 18.3. The number of carbonyl (C=O) groups excluding carboxylic acids is 2. The fourth-order valence-corrected chi connectivity index (χ4v) is 5.11. The largest absolute Gasteiger partial charge is 0.507 e. The molecule has 8 heteroatoms. The summed E-state index contributed by atoms with van der Waals surface area (Å²) in [7, 11) is 3.92. The molecule has 2 N–H and O–H groups in total. The molecule has 8 nitrogen and oxygen atoms in total. The number of likely N-dealkylation sites (tertiary alicyclic amines) is 1. The highest BCUT2D eigenvalue weighted by atomic mass is 16.5. The number of benzene rings is 2. The van der Waals surface area contributed by atoms with Crippen molar-refractivity contribution in [3.05, 3.63) is 77.4 Å². The number of carbonyl (C=O) groups is 2. The Balaban J connectivity index is 1.69. The van der Waals surface area contributed by atoms with Crippen molar-refractivity contribution in [2.45, 2.75) is 19.4 Å². The summed E-state index contributed by atoms with van der Waals surface area (Å²) in [6.45, 7) is 10.6. The van der Waals surface area contributed by atoms with Crippen LogP contribution in [0.4, 0.5) is 5.69 Å². The van der Waals surface area contributed by atoms with Crippen molar-refractivity contribution in [1.29, 1.82) is 0 Å². The van der Waals surface area contributed by atoms with Gasteiger partial charge in [-0.1, -0.05) is 24.8 Å². The molecule has 0 bridgehead atoms. The second kappa shape index (κ2) is 12.3. The van der Waals surface area contributed by atoms with Crippen LogP contribution in [-0.2, 0) is 14.3 Å². The van der Waals surface area contributed by atoms with Gasteiger partial charge in [0.05, 0.1) is 31.4 Å². The number of hydrogen-bond donors (Lipinski definition) is 2. The van der Waals surface area contributed by atoms with Crippen LogP contribution in [0.15, 0.2) is 60.7 Å². The lowest BCUT2D eigenvalue weighted by Gasteiger charge is -2.28. The Labute approximate surface area is 224 Å². The van der Waals surface area contributed by atoms with Gasteiger partial charge in [-0.25, -0.2) is 0 Å². The highest BCUT2D eigenvalue weighted by Crippen LogP contribution is 2.40. The molecule has 2 saturated heterocycles. The van der Waals surface area contributed by atoms with Gasteiger partial charge in [-0.05, 0) is 48.4 Å². The molecule has 2 aliphatic heterocycles. The van der Waals surface area contributed by atoms with E-state index in [4.69, 9.17) is 9.47 Å². The molecule has 0 spiro atoms. The van der Waals surface area contributed by atoms with Gasteiger partial charge in [-0.15, -0.1) is 0 Å². The van der Waals surface area contributed by atoms with Crippen molar-refractivity contribution in [2.24, 2.45) is 0 Å². The lowest BCUT2D eigenvalue weighted by Crippen LogP contribution is -3.14. The molecule has 0 aliphatic carbocycles. The molecule has 0 aromatic heterocycles. The minimum Gasteiger partial charge on any atom is -0.507 e. The molecule has 2 aromatic carbocycles. The third-order valence-electron chi connectivity index (χ3n) is 7.22. The van der Waals surface area contributed by atoms with Gasteiger partial charge in [-0.2, -0.15) is 0 Å². The fraction of sp³-hybridized carbons (Fsp3) is 0.400. The first kappa shape index (κ1) is 27.4. The van der Waals surface area contributed by atoms with Crippen LogP contribution in [0.1, 0.15) is 29.2 Å². The molecule has 38 heavy (non-hydrogen) atoms. The number of morpholine rings is 1. The van der Waals surface area contributed by atoms with Crippen molar-refractivity contribution in [2.75, 3.05) is 65.0 Å². The number of Topliss-reactive ketones (excluding diaryl/α,β-unsaturated/α-hetero) is 1. The van der Waals surface area contributed by atoms with Crippen LogP contribution in [0.2, 0.25) is 0 Å². The van der Waals surface area contributed by atoms with Crippen LogP contribution in [0.25, 0.3) is 5.76 Å². The van der Waals surface area contributed by atoms with Crippen LogP contribution >= 0.6 is 0 Å². The molecule has 2 fully saturated rings. The van der Waals surface area contributed by atoms with Crippen LogP contribution in [0, 0.1) is 6.92 Å². The van der Waals surface area contributed by atoms with Crippen molar-refractivity contribution in [3.63, 3.8) is 0 Å². The number of aliphatic hydroxyl groups excluding tert-OH is 1. The summed E-state index contributed by atoms with van der Waals surface area (Å²) in [6.07, 6.45) is 2.41. The van der Waals surface area contributed by atoms with Crippen LogP contribution in [0.5, 0.6) is 5.75 Å². The van der Waals surface area contributed by atoms with Crippen molar-refractivity contribution in [3.8, 4) is 5.75 Å². The molecule has 0 unspecified atom stereocenters. The van der Waals surface area contributed by atoms with E-state index in [-0.39, 0.29) is 11.3 Å². The molecule has 2 aliphatic rings. The molecule has 0 saturated carbocycles. The zero-order valence-electron chi connectivity index (χ0n) is 22.5. The van der Waals surface area contributed by atoms with E-state index in [1.807, 2.05) is 50.2 Å². The first-order valence-corrected chi connectivity index (χ1v) is 13.1. The smallest absolute Gasteiger partial charge is 0.295 e. The van der Waals surface area contributed by atoms with Crippen LogP contribution in [-0.4, -0.2) is 81.8 Å². The topological polar surface area (TPSA) is 83.8 Å². The van der Waals surface area contributed by atoms with E-state index in [1.165, 1.54) is 4.90 Å². The number of nitrogens with one attached hydrogen (secondary N) is 1. The summed E-state index contributed by atoms with van der Waals surface area (Å²) < 4.78 is 11.1. The zero-order chi connectivity index (χ0) is 27.2. The zero-order valence-corrected chi connectivity index (χ0v) is 22.5. The van der Waals surface area contributed by atoms with Crippen LogP contribution < -0.4 is 14.5 Å². The van der Waals surface area contributed by atoms with E-state index < -0.39 is 17.7 Å². The number of aliphatic hydroxyl groups is 1. The first-order valence-electron chi connectivity index (χ1n) is 13.1. The number of ketones is 1.